The average molecular weight is 570 g/mol. The molecule has 2 aliphatic rings. The maximum absolute atomic E-state index is 6.60. The third-order valence-electron chi connectivity index (χ3n) is 8.06. The molecule has 5 aromatic rings. The van der Waals surface area contributed by atoms with E-state index in [0.717, 1.165) is 26.2 Å². The Hall–Kier alpha value is -1.97. The second kappa shape index (κ2) is 11.9. The molecular weight excluding hydrogens is 538 g/mol. The molecule has 0 N–H and O–H groups in total. The van der Waals surface area contributed by atoms with E-state index in [-0.39, 0.29) is 13.8 Å². The Morgan fingerprint density at radius 2 is 1.05 bits per heavy atom. The second-order valence-corrected chi connectivity index (χ2v) is 13.4. The molecule has 2 saturated heterocycles. The molecule has 5 heterocycles. The van der Waals surface area contributed by atoms with Crippen LogP contribution in [0.2, 0.25) is 0 Å². The minimum Gasteiger partial charge on any atom is -0.414 e. The summed E-state index contributed by atoms with van der Waals surface area (Å²) in [6.45, 7) is 5.81. The van der Waals surface area contributed by atoms with Gasteiger partial charge < -0.3 is 9.31 Å². The minimum atomic E-state index is -0.0540. The Balaban J connectivity index is 1.23. The van der Waals surface area contributed by atoms with E-state index >= 15 is 0 Å². The normalized spacial score (nSPS) is 16.6. The lowest BCUT2D eigenvalue weighted by Crippen LogP contribution is -2.46. The Morgan fingerprint density at radius 1 is 0.590 bits per heavy atom. The van der Waals surface area contributed by atoms with Crippen LogP contribution in [0, 0.1) is 0 Å². The number of fused-ring (bicyclic) bond motifs is 3. The van der Waals surface area contributed by atoms with Gasteiger partial charge in [0.15, 0.2) is 0 Å². The molecule has 0 spiro atoms. The summed E-state index contributed by atoms with van der Waals surface area (Å²) in [5.74, 6) is 0. The minimum absolute atomic E-state index is 0.0540. The largest absolute Gasteiger partial charge is 0.414 e. The van der Waals surface area contributed by atoms with Crippen molar-refractivity contribution >= 4 is 89.9 Å². The maximum atomic E-state index is 6.60. The van der Waals surface area contributed by atoms with Crippen LogP contribution in [0.4, 0.5) is 0 Å². The van der Waals surface area contributed by atoms with Crippen LogP contribution in [0.3, 0.4) is 0 Å². The number of hydrogen-bond donors (Lipinski definition) is 0. The van der Waals surface area contributed by atoms with Gasteiger partial charge in [-0.25, -0.2) is 0 Å². The average Bonchev–Trinajstić information content (AvgIpc) is 3.80. The summed E-state index contributed by atoms with van der Waals surface area (Å²) in [5.41, 5.74) is 4.94. The van der Waals surface area contributed by atoms with Crippen LogP contribution in [0.5, 0.6) is 0 Å². The van der Waals surface area contributed by atoms with Gasteiger partial charge in [-0.2, -0.15) is 22.7 Å². The van der Waals surface area contributed by atoms with Crippen molar-refractivity contribution < 1.29 is 9.31 Å². The molecule has 2 aliphatic heterocycles. The fourth-order valence-corrected chi connectivity index (χ4v) is 8.35. The summed E-state index contributed by atoms with van der Waals surface area (Å²) in [7, 11) is 0. The van der Waals surface area contributed by atoms with Crippen LogP contribution in [0.1, 0.15) is 25.7 Å². The third kappa shape index (κ3) is 5.64. The van der Waals surface area contributed by atoms with Crippen molar-refractivity contribution in [2.24, 2.45) is 0 Å². The first-order chi connectivity index (χ1) is 19.3. The zero-order chi connectivity index (χ0) is 26.0. The van der Waals surface area contributed by atoms with Gasteiger partial charge in [-0.15, -0.1) is 11.3 Å². The molecule has 0 unspecified atom stereocenters. The van der Waals surface area contributed by atoms with Crippen molar-refractivity contribution in [3.63, 3.8) is 0 Å². The molecule has 3 aromatic heterocycles. The van der Waals surface area contributed by atoms with Crippen LogP contribution in [0.15, 0.2) is 70.1 Å². The standard InChI is InChI=1S/C30H32B2N2O2S3/c1-2-12-33(11-1)21-35-31(25-9-15-37-19-25)23-5-7-29-27(17-23)28-18-24(6-8-30(28)39-29)32(26-10-16-38-20-26)36-22-34-13-3-4-14-34/h5-10,15-20H,1-4,11-14,21-22H2. The van der Waals surface area contributed by atoms with Crippen LogP contribution in [0.25, 0.3) is 20.2 Å². The first-order valence-electron chi connectivity index (χ1n) is 14.0. The van der Waals surface area contributed by atoms with Gasteiger partial charge in [0.25, 0.3) is 0 Å². The Morgan fingerprint density at radius 3 is 1.46 bits per heavy atom. The fourth-order valence-electron chi connectivity index (χ4n) is 5.94. The Bertz CT molecular complexity index is 1400. The molecule has 0 aliphatic carbocycles. The van der Waals surface area contributed by atoms with Crippen LogP contribution in [-0.2, 0) is 9.31 Å². The summed E-state index contributed by atoms with van der Waals surface area (Å²) in [6.07, 6.45) is 5.09. The maximum Gasteiger partial charge on any atom is 0.363 e. The van der Waals surface area contributed by atoms with Crippen molar-refractivity contribution in [3.05, 3.63) is 70.1 Å². The molecule has 0 atom stereocenters. The van der Waals surface area contributed by atoms with Crippen molar-refractivity contribution in [2.75, 3.05) is 39.6 Å². The highest BCUT2D eigenvalue weighted by atomic mass is 32.1. The molecule has 0 amide bonds. The van der Waals surface area contributed by atoms with E-state index < -0.39 is 0 Å². The molecule has 0 bridgehead atoms. The highest BCUT2D eigenvalue weighted by Gasteiger charge is 2.27. The van der Waals surface area contributed by atoms with E-state index in [9.17, 15) is 0 Å². The van der Waals surface area contributed by atoms with Crippen molar-refractivity contribution in [2.45, 2.75) is 25.7 Å². The van der Waals surface area contributed by atoms with Crippen molar-refractivity contribution in [3.8, 4) is 0 Å². The van der Waals surface area contributed by atoms with Crippen LogP contribution < -0.4 is 21.9 Å². The van der Waals surface area contributed by atoms with Crippen molar-refractivity contribution in [1.82, 2.24) is 9.80 Å². The number of rotatable bonds is 10. The first kappa shape index (κ1) is 26.0. The van der Waals surface area contributed by atoms with E-state index in [1.807, 2.05) is 11.3 Å². The molecule has 0 radical (unpaired) electrons. The number of nitrogens with zero attached hydrogens (tertiary/aromatic N) is 2. The quantitative estimate of drug-likeness (QED) is 0.231. The molecule has 39 heavy (non-hydrogen) atoms. The lowest BCUT2D eigenvalue weighted by Gasteiger charge is -2.20. The van der Waals surface area contributed by atoms with Gasteiger partial charge in [-0.3, -0.25) is 9.80 Å². The lowest BCUT2D eigenvalue weighted by molar-refractivity contribution is 0.156. The zero-order valence-corrected chi connectivity index (χ0v) is 24.5. The molecule has 9 heteroatoms. The van der Waals surface area contributed by atoms with E-state index in [0.29, 0.717) is 13.5 Å². The summed E-state index contributed by atoms with van der Waals surface area (Å²) >= 11 is 5.35. The van der Waals surface area contributed by atoms with Gasteiger partial charge in [-0.05, 0) is 92.0 Å². The monoisotopic (exact) mass is 570 g/mol. The van der Waals surface area contributed by atoms with Gasteiger partial charge in [0.2, 0.25) is 0 Å². The lowest BCUT2D eigenvalue weighted by atomic mass is 9.55. The molecule has 4 nitrogen and oxygen atoms in total. The van der Waals surface area contributed by atoms with Gasteiger partial charge >= 0.3 is 13.8 Å². The number of thiophene rings is 3. The second-order valence-electron chi connectivity index (χ2n) is 10.7. The first-order valence-corrected chi connectivity index (χ1v) is 16.7. The molecule has 198 valence electrons. The van der Waals surface area contributed by atoms with Crippen molar-refractivity contribution in [1.29, 1.82) is 0 Å². The number of hydrogen-bond acceptors (Lipinski definition) is 7. The summed E-state index contributed by atoms with van der Waals surface area (Å²) in [6, 6.07) is 18.2. The van der Waals surface area contributed by atoms with Gasteiger partial charge in [0, 0.05) is 35.6 Å². The summed E-state index contributed by atoms with van der Waals surface area (Å²) < 4.78 is 15.8. The molecule has 2 aromatic carbocycles. The Kier molecular flexibility index (Phi) is 7.90. The third-order valence-corrected chi connectivity index (χ3v) is 10.6. The molecule has 2 fully saturated rings. The fraction of sp³-hybridized carbons (Fsp3) is 0.333. The SMILES string of the molecule is c1cc(B(OCN2CCCC2)c2ccc3sc4ccc(B(OCN5CCCC5)c5ccsc5)cc4c3c2)cs1. The Labute approximate surface area is 243 Å². The molecule has 7 rings (SSSR count). The van der Waals surface area contributed by atoms with E-state index in [1.165, 1.54) is 67.7 Å². The summed E-state index contributed by atoms with van der Waals surface area (Å²) in [5, 5.41) is 11.4. The zero-order valence-electron chi connectivity index (χ0n) is 22.1. The molecular formula is C30H32B2N2O2S3. The topological polar surface area (TPSA) is 24.9 Å². The highest BCUT2D eigenvalue weighted by molar-refractivity contribution is 7.25. The smallest absolute Gasteiger partial charge is 0.363 e. The van der Waals surface area contributed by atoms with Gasteiger partial charge in [0.1, 0.15) is 0 Å². The van der Waals surface area contributed by atoms with Gasteiger partial charge in [0.05, 0.1) is 13.5 Å². The van der Waals surface area contributed by atoms with E-state index in [1.54, 1.807) is 22.7 Å². The van der Waals surface area contributed by atoms with Crippen LogP contribution in [-0.4, -0.2) is 63.3 Å². The molecule has 0 saturated carbocycles. The number of benzene rings is 2. The van der Waals surface area contributed by atoms with Gasteiger partial charge in [-0.1, -0.05) is 36.4 Å². The predicted octanol–water partition coefficient (Wildman–Crippen LogP) is 4.53. The highest BCUT2D eigenvalue weighted by Crippen LogP contribution is 2.33. The summed E-state index contributed by atoms with van der Waals surface area (Å²) in [4.78, 5) is 4.85. The van der Waals surface area contributed by atoms with Crippen LogP contribution >= 0.6 is 34.0 Å². The predicted molar refractivity (Wildman–Crippen MR) is 172 cm³/mol. The number of likely N-dealkylation sites (tertiary alicyclic amines) is 2. The van der Waals surface area contributed by atoms with E-state index in [2.05, 4.69) is 79.9 Å². The van der Waals surface area contributed by atoms with E-state index in [4.69, 9.17) is 9.31 Å².